The van der Waals surface area contributed by atoms with E-state index in [2.05, 4.69) is 62.9 Å². The predicted molar refractivity (Wildman–Crippen MR) is 85.8 cm³/mol. The highest BCUT2D eigenvalue weighted by Crippen LogP contribution is 2.27. The number of para-hydroxylation sites is 2. The van der Waals surface area contributed by atoms with Crippen molar-refractivity contribution in [2.24, 2.45) is 0 Å². The molecule has 2 aromatic heterocycles. The van der Waals surface area contributed by atoms with Crippen LogP contribution in [0.25, 0.3) is 27.8 Å². The molecule has 0 atom stereocenters. The summed E-state index contributed by atoms with van der Waals surface area (Å²) in [6.07, 6.45) is 2.09. The van der Waals surface area contributed by atoms with E-state index in [4.69, 9.17) is 4.98 Å². The van der Waals surface area contributed by atoms with Gasteiger partial charge in [0.05, 0.1) is 22.2 Å². The second-order valence-electron chi connectivity index (χ2n) is 4.72. The summed E-state index contributed by atoms with van der Waals surface area (Å²) >= 11 is 3.47. The van der Waals surface area contributed by atoms with Gasteiger partial charge in [0.1, 0.15) is 0 Å². The number of nitrogens with zero attached hydrogens (tertiary/aromatic N) is 2. The number of fused-ring (bicyclic) bond motifs is 3. The van der Waals surface area contributed by atoms with E-state index < -0.39 is 0 Å². The van der Waals surface area contributed by atoms with Gasteiger partial charge in [-0.1, -0.05) is 40.2 Å². The van der Waals surface area contributed by atoms with E-state index in [1.807, 2.05) is 24.3 Å². The van der Waals surface area contributed by atoms with Gasteiger partial charge in [-0.15, -0.1) is 0 Å². The molecule has 0 spiro atoms. The molecule has 2 nitrogen and oxygen atoms in total. The Morgan fingerprint density at radius 1 is 0.800 bits per heavy atom. The minimum absolute atomic E-state index is 1.01. The van der Waals surface area contributed by atoms with Crippen LogP contribution < -0.4 is 0 Å². The van der Waals surface area contributed by atoms with Crippen molar-refractivity contribution in [3.05, 3.63) is 71.3 Å². The lowest BCUT2D eigenvalue weighted by molar-refractivity contribution is 1.23. The lowest BCUT2D eigenvalue weighted by Gasteiger charge is -2.08. The molecule has 0 amide bonds. The third kappa shape index (κ3) is 1.74. The maximum absolute atomic E-state index is 4.84. The SMILES string of the molecule is Brc1ccc(-c2nc3ccccc3n3cccc23)cc1. The van der Waals surface area contributed by atoms with Crippen LogP contribution in [0, 0.1) is 0 Å². The average Bonchev–Trinajstić information content (AvgIpc) is 2.97. The number of hydrogen-bond acceptors (Lipinski definition) is 1. The molecule has 2 heterocycles. The largest absolute Gasteiger partial charge is 0.313 e. The van der Waals surface area contributed by atoms with E-state index in [1.54, 1.807) is 0 Å². The van der Waals surface area contributed by atoms with Crippen molar-refractivity contribution in [3.63, 3.8) is 0 Å². The maximum atomic E-state index is 4.84. The van der Waals surface area contributed by atoms with E-state index in [1.165, 1.54) is 0 Å². The molecule has 0 aliphatic carbocycles. The summed E-state index contributed by atoms with van der Waals surface area (Å²) in [4.78, 5) is 4.84. The highest BCUT2D eigenvalue weighted by molar-refractivity contribution is 9.10. The molecule has 2 aromatic carbocycles. The molecule has 4 aromatic rings. The number of rotatable bonds is 1. The van der Waals surface area contributed by atoms with Crippen LogP contribution in [0.1, 0.15) is 0 Å². The van der Waals surface area contributed by atoms with Crippen LogP contribution in [0.2, 0.25) is 0 Å². The van der Waals surface area contributed by atoms with Crippen LogP contribution in [0.4, 0.5) is 0 Å². The molecule has 0 saturated carbocycles. The van der Waals surface area contributed by atoms with Gasteiger partial charge in [-0.05, 0) is 36.4 Å². The normalized spacial score (nSPS) is 11.2. The summed E-state index contributed by atoms with van der Waals surface area (Å²) in [5.74, 6) is 0. The zero-order valence-electron chi connectivity index (χ0n) is 10.6. The highest BCUT2D eigenvalue weighted by Gasteiger charge is 2.09. The van der Waals surface area contributed by atoms with Crippen molar-refractivity contribution in [1.82, 2.24) is 9.38 Å². The molecular formula is C17H11BrN2. The third-order valence-electron chi connectivity index (χ3n) is 3.48. The second kappa shape index (κ2) is 4.46. The zero-order chi connectivity index (χ0) is 13.5. The molecule has 3 heteroatoms. The van der Waals surface area contributed by atoms with Gasteiger partial charge in [-0.3, -0.25) is 0 Å². The first kappa shape index (κ1) is 11.7. The Kier molecular flexibility index (Phi) is 2.60. The summed E-state index contributed by atoms with van der Waals surface area (Å²) in [7, 11) is 0. The van der Waals surface area contributed by atoms with Crippen LogP contribution >= 0.6 is 15.9 Å². The van der Waals surface area contributed by atoms with Gasteiger partial charge in [-0.2, -0.15) is 0 Å². The predicted octanol–water partition coefficient (Wildman–Crippen LogP) is 4.92. The van der Waals surface area contributed by atoms with E-state index in [-0.39, 0.29) is 0 Å². The molecule has 4 rings (SSSR count). The van der Waals surface area contributed by atoms with Crippen LogP contribution in [0.15, 0.2) is 71.3 Å². The Bertz CT molecular complexity index is 907. The van der Waals surface area contributed by atoms with Crippen molar-refractivity contribution in [3.8, 4) is 11.3 Å². The van der Waals surface area contributed by atoms with Gasteiger partial charge in [0.25, 0.3) is 0 Å². The first-order chi connectivity index (χ1) is 9.83. The van der Waals surface area contributed by atoms with Crippen LogP contribution in [0.5, 0.6) is 0 Å². The molecule has 0 unspecified atom stereocenters. The van der Waals surface area contributed by atoms with Crippen LogP contribution in [-0.2, 0) is 0 Å². The summed E-state index contributed by atoms with van der Waals surface area (Å²) < 4.78 is 3.27. The molecule has 96 valence electrons. The van der Waals surface area contributed by atoms with E-state index in [0.717, 1.165) is 32.3 Å². The topological polar surface area (TPSA) is 17.3 Å². The Hall–Kier alpha value is -2.13. The molecular weight excluding hydrogens is 312 g/mol. The molecule has 0 fully saturated rings. The quantitative estimate of drug-likeness (QED) is 0.486. The van der Waals surface area contributed by atoms with Crippen molar-refractivity contribution < 1.29 is 0 Å². The van der Waals surface area contributed by atoms with Crippen molar-refractivity contribution in [2.45, 2.75) is 0 Å². The highest BCUT2D eigenvalue weighted by atomic mass is 79.9. The monoisotopic (exact) mass is 322 g/mol. The summed E-state index contributed by atoms with van der Waals surface area (Å²) in [6.45, 7) is 0. The molecule has 0 aliphatic heterocycles. The van der Waals surface area contributed by atoms with E-state index in [9.17, 15) is 0 Å². The minimum Gasteiger partial charge on any atom is -0.313 e. The van der Waals surface area contributed by atoms with Gasteiger partial charge < -0.3 is 4.40 Å². The Labute approximate surface area is 124 Å². The molecule has 0 radical (unpaired) electrons. The minimum atomic E-state index is 1.01. The Morgan fingerprint density at radius 3 is 2.40 bits per heavy atom. The number of benzene rings is 2. The summed E-state index contributed by atoms with van der Waals surface area (Å²) in [5.41, 5.74) is 5.41. The molecule has 0 saturated heterocycles. The molecule has 0 aliphatic rings. The van der Waals surface area contributed by atoms with Crippen molar-refractivity contribution in [2.75, 3.05) is 0 Å². The van der Waals surface area contributed by atoms with E-state index >= 15 is 0 Å². The second-order valence-corrected chi connectivity index (χ2v) is 5.64. The number of aromatic nitrogens is 2. The summed E-state index contributed by atoms with van der Waals surface area (Å²) in [5, 5.41) is 0. The Morgan fingerprint density at radius 2 is 1.55 bits per heavy atom. The molecule has 0 bridgehead atoms. The fraction of sp³-hybridized carbons (Fsp3) is 0. The standard InChI is InChI=1S/C17H11BrN2/c18-13-9-7-12(8-10-13)17-16-6-3-11-20(16)15-5-2-1-4-14(15)19-17/h1-11H. The Balaban J connectivity index is 2.11. The first-order valence-electron chi connectivity index (χ1n) is 6.45. The van der Waals surface area contributed by atoms with Crippen molar-refractivity contribution in [1.29, 1.82) is 0 Å². The smallest absolute Gasteiger partial charge is 0.0950 e. The van der Waals surface area contributed by atoms with Gasteiger partial charge in [0.2, 0.25) is 0 Å². The average molecular weight is 323 g/mol. The van der Waals surface area contributed by atoms with Crippen molar-refractivity contribution >= 4 is 32.5 Å². The lowest BCUT2D eigenvalue weighted by atomic mass is 10.1. The van der Waals surface area contributed by atoms with Crippen LogP contribution in [-0.4, -0.2) is 9.38 Å². The number of halogens is 1. The van der Waals surface area contributed by atoms with Gasteiger partial charge in [0, 0.05) is 16.2 Å². The van der Waals surface area contributed by atoms with Crippen LogP contribution in [0.3, 0.4) is 0 Å². The molecule has 0 N–H and O–H groups in total. The molecule has 20 heavy (non-hydrogen) atoms. The fourth-order valence-electron chi connectivity index (χ4n) is 2.54. The first-order valence-corrected chi connectivity index (χ1v) is 7.24. The zero-order valence-corrected chi connectivity index (χ0v) is 12.2. The summed E-state index contributed by atoms with van der Waals surface area (Å²) in [6, 6.07) is 20.7. The van der Waals surface area contributed by atoms with Gasteiger partial charge in [0.15, 0.2) is 0 Å². The van der Waals surface area contributed by atoms with Gasteiger partial charge in [-0.25, -0.2) is 4.98 Å². The fourth-order valence-corrected chi connectivity index (χ4v) is 2.81. The van der Waals surface area contributed by atoms with Gasteiger partial charge >= 0.3 is 0 Å². The van der Waals surface area contributed by atoms with E-state index in [0.29, 0.717) is 0 Å². The maximum Gasteiger partial charge on any atom is 0.0950 e. The lowest BCUT2D eigenvalue weighted by Crippen LogP contribution is -1.94. The third-order valence-corrected chi connectivity index (χ3v) is 4.01. The number of hydrogen-bond donors (Lipinski definition) is 0.